The van der Waals surface area contributed by atoms with E-state index in [1.807, 2.05) is 36.1 Å². The Labute approximate surface area is 185 Å². The van der Waals surface area contributed by atoms with E-state index in [4.69, 9.17) is 9.40 Å². The van der Waals surface area contributed by atoms with Crippen molar-refractivity contribution in [3.05, 3.63) is 70.1 Å². The minimum atomic E-state index is 0.0619. The number of hydrogen-bond acceptors (Lipinski definition) is 5. The van der Waals surface area contributed by atoms with Gasteiger partial charge in [-0.1, -0.05) is 35.9 Å². The maximum atomic E-state index is 13.4. The summed E-state index contributed by atoms with van der Waals surface area (Å²) in [7, 11) is 0. The number of likely N-dealkylation sites (tertiary alicyclic amines) is 1. The van der Waals surface area contributed by atoms with Gasteiger partial charge < -0.3 is 9.32 Å². The Morgan fingerprint density at radius 1 is 1.13 bits per heavy atom. The Kier molecular flexibility index (Phi) is 5.10. The van der Waals surface area contributed by atoms with Crippen LogP contribution in [-0.2, 0) is 0 Å². The predicted molar refractivity (Wildman–Crippen MR) is 124 cm³/mol. The van der Waals surface area contributed by atoms with E-state index in [9.17, 15) is 4.79 Å². The zero-order valence-corrected chi connectivity index (χ0v) is 18.8. The quantitative estimate of drug-likeness (QED) is 0.405. The first-order valence-electron chi connectivity index (χ1n) is 10.7. The smallest absolute Gasteiger partial charge is 0.265 e. The molecule has 0 aliphatic carbocycles. The summed E-state index contributed by atoms with van der Waals surface area (Å²) in [6, 6.07) is 14.2. The standard InChI is InChI=1S/C25H25N3O2S/c1-15-10-11-19(16(2)13-15)24-26-17(3)22(31-24)25(29)28-12-6-7-18(14-28)23-27-20-8-4-5-9-21(20)30-23/h4-5,8-11,13,18H,6-7,12,14H2,1-3H3. The molecule has 0 radical (unpaired) electrons. The molecule has 2 aromatic heterocycles. The average Bonchev–Trinajstić information content (AvgIpc) is 3.37. The Morgan fingerprint density at radius 3 is 2.77 bits per heavy atom. The molecule has 1 unspecified atom stereocenters. The van der Waals surface area contributed by atoms with Crippen molar-refractivity contribution in [1.29, 1.82) is 0 Å². The minimum Gasteiger partial charge on any atom is -0.440 e. The number of fused-ring (bicyclic) bond motifs is 1. The van der Waals surface area contributed by atoms with Crippen molar-refractivity contribution in [3.63, 3.8) is 0 Å². The van der Waals surface area contributed by atoms with Crippen LogP contribution in [0.2, 0.25) is 0 Å². The summed E-state index contributed by atoms with van der Waals surface area (Å²) in [5.41, 5.74) is 5.98. The molecule has 1 saturated heterocycles. The lowest BCUT2D eigenvalue weighted by Gasteiger charge is -2.31. The number of para-hydroxylation sites is 2. The number of amides is 1. The molecule has 0 N–H and O–H groups in total. The number of nitrogens with zero attached hydrogens (tertiary/aromatic N) is 3. The number of oxazole rings is 1. The van der Waals surface area contributed by atoms with Crippen molar-refractivity contribution in [2.45, 2.75) is 39.5 Å². The van der Waals surface area contributed by atoms with Crippen molar-refractivity contribution in [1.82, 2.24) is 14.9 Å². The fraction of sp³-hybridized carbons (Fsp3) is 0.320. The zero-order valence-electron chi connectivity index (χ0n) is 18.0. The van der Waals surface area contributed by atoms with Gasteiger partial charge in [0.1, 0.15) is 15.4 Å². The lowest BCUT2D eigenvalue weighted by Crippen LogP contribution is -2.39. The molecule has 31 heavy (non-hydrogen) atoms. The topological polar surface area (TPSA) is 59.2 Å². The van der Waals surface area contributed by atoms with E-state index in [0.717, 1.165) is 57.5 Å². The SMILES string of the molecule is Cc1ccc(-c2nc(C)c(C(=O)N3CCCC(c4nc5ccccc5o4)C3)s2)c(C)c1. The van der Waals surface area contributed by atoms with E-state index in [1.54, 1.807) is 0 Å². The second-order valence-corrected chi connectivity index (χ2v) is 9.36. The van der Waals surface area contributed by atoms with E-state index < -0.39 is 0 Å². The van der Waals surface area contributed by atoms with Gasteiger partial charge in [-0.25, -0.2) is 9.97 Å². The number of benzene rings is 2. The molecule has 5 rings (SSSR count). The Bertz CT molecular complexity index is 1240. The summed E-state index contributed by atoms with van der Waals surface area (Å²) >= 11 is 1.49. The molecule has 3 heterocycles. The highest BCUT2D eigenvalue weighted by Gasteiger charge is 2.30. The molecule has 2 aromatic carbocycles. The van der Waals surface area contributed by atoms with Gasteiger partial charge in [-0.2, -0.15) is 0 Å². The molecule has 4 aromatic rings. The molecule has 158 valence electrons. The normalized spacial score (nSPS) is 16.7. The lowest BCUT2D eigenvalue weighted by atomic mass is 9.98. The van der Waals surface area contributed by atoms with Gasteiger partial charge in [-0.05, 0) is 51.3 Å². The number of aromatic nitrogens is 2. The monoisotopic (exact) mass is 431 g/mol. The summed E-state index contributed by atoms with van der Waals surface area (Å²) in [6.07, 6.45) is 1.92. The predicted octanol–water partition coefficient (Wildman–Crippen LogP) is 5.90. The molecule has 1 fully saturated rings. The van der Waals surface area contributed by atoms with Crippen molar-refractivity contribution in [3.8, 4) is 10.6 Å². The molecular weight excluding hydrogens is 406 g/mol. The first-order chi connectivity index (χ1) is 15.0. The number of thiazole rings is 1. The second-order valence-electron chi connectivity index (χ2n) is 8.36. The average molecular weight is 432 g/mol. The largest absolute Gasteiger partial charge is 0.440 e. The third-order valence-electron chi connectivity index (χ3n) is 5.97. The zero-order chi connectivity index (χ0) is 21.5. The van der Waals surface area contributed by atoms with Crippen LogP contribution in [0.25, 0.3) is 21.7 Å². The van der Waals surface area contributed by atoms with Gasteiger partial charge in [-0.3, -0.25) is 4.79 Å². The fourth-order valence-electron chi connectivity index (χ4n) is 4.34. The van der Waals surface area contributed by atoms with Gasteiger partial charge in [0.25, 0.3) is 5.91 Å². The maximum absolute atomic E-state index is 13.4. The summed E-state index contributed by atoms with van der Waals surface area (Å²) in [4.78, 5) is 25.5. The number of carbonyl (C=O) groups excluding carboxylic acids is 1. The molecule has 6 heteroatoms. The summed E-state index contributed by atoms with van der Waals surface area (Å²) < 4.78 is 5.99. The molecule has 1 aliphatic rings. The summed E-state index contributed by atoms with van der Waals surface area (Å²) in [5.74, 6) is 0.916. The van der Waals surface area contributed by atoms with Gasteiger partial charge in [-0.15, -0.1) is 11.3 Å². The Morgan fingerprint density at radius 2 is 1.97 bits per heavy atom. The van der Waals surface area contributed by atoms with E-state index in [0.29, 0.717) is 6.54 Å². The fourth-order valence-corrected chi connectivity index (χ4v) is 5.46. The number of rotatable bonds is 3. The van der Waals surface area contributed by atoms with Gasteiger partial charge in [0.2, 0.25) is 0 Å². The Balaban J connectivity index is 1.39. The maximum Gasteiger partial charge on any atom is 0.265 e. The van der Waals surface area contributed by atoms with Crippen LogP contribution in [-0.4, -0.2) is 33.9 Å². The summed E-state index contributed by atoms with van der Waals surface area (Å²) in [6.45, 7) is 7.49. The van der Waals surface area contributed by atoms with Crippen LogP contribution in [0.5, 0.6) is 0 Å². The van der Waals surface area contributed by atoms with Crippen LogP contribution < -0.4 is 0 Å². The first kappa shape index (κ1) is 19.9. The van der Waals surface area contributed by atoms with Gasteiger partial charge >= 0.3 is 0 Å². The van der Waals surface area contributed by atoms with Crippen LogP contribution in [0, 0.1) is 20.8 Å². The molecule has 1 atom stereocenters. The minimum absolute atomic E-state index is 0.0619. The number of aryl methyl sites for hydroxylation is 3. The summed E-state index contributed by atoms with van der Waals surface area (Å²) in [5, 5.41) is 0.908. The van der Waals surface area contributed by atoms with Gasteiger partial charge in [0.05, 0.1) is 11.6 Å². The van der Waals surface area contributed by atoms with Crippen molar-refractivity contribution >= 4 is 28.3 Å². The van der Waals surface area contributed by atoms with Crippen LogP contribution in [0.15, 0.2) is 46.9 Å². The third kappa shape index (κ3) is 3.76. The third-order valence-corrected chi connectivity index (χ3v) is 7.15. The van der Waals surface area contributed by atoms with Crippen LogP contribution in [0.1, 0.15) is 51.1 Å². The van der Waals surface area contributed by atoms with E-state index in [2.05, 4.69) is 37.0 Å². The van der Waals surface area contributed by atoms with Crippen LogP contribution in [0.3, 0.4) is 0 Å². The molecule has 0 bridgehead atoms. The number of piperidine rings is 1. The second kappa shape index (κ2) is 7.93. The molecule has 0 spiro atoms. The molecule has 1 aliphatic heterocycles. The van der Waals surface area contributed by atoms with E-state index in [-0.39, 0.29) is 11.8 Å². The number of hydrogen-bond donors (Lipinski definition) is 0. The van der Waals surface area contributed by atoms with E-state index >= 15 is 0 Å². The lowest BCUT2D eigenvalue weighted by molar-refractivity contribution is 0.0703. The van der Waals surface area contributed by atoms with Gasteiger partial charge in [0, 0.05) is 18.7 Å². The highest BCUT2D eigenvalue weighted by Crippen LogP contribution is 2.34. The Hall–Kier alpha value is -2.99. The van der Waals surface area contributed by atoms with Gasteiger partial charge in [0.15, 0.2) is 11.5 Å². The van der Waals surface area contributed by atoms with Crippen LogP contribution in [0.4, 0.5) is 0 Å². The van der Waals surface area contributed by atoms with Crippen molar-refractivity contribution in [2.75, 3.05) is 13.1 Å². The molecule has 1 amide bonds. The van der Waals surface area contributed by atoms with Crippen LogP contribution >= 0.6 is 11.3 Å². The highest BCUT2D eigenvalue weighted by atomic mass is 32.1. The molecule has 0 saturated carbocycles. The van der Waals surface area contributed by atoms with E-state index in [1.165, 1.54) is 22.5 Å². The molecular formula is C25H25N3O2S. The highest BCUT2D eigenvalue weighted by molar-refractivity contribution is 7.17. The van der Waals surface area contributed by atoms with Crippen molar-refractivity contribution in [2.24, 2.45) is 0 Å². The first-order valence-corrected chi connectivity index (χ1v) is 11.5. The number of carbonyl (C=O) groups is 1. The van der Waals surface area contributed by atoms with Crippen molar-refractivity contribution < 1.29 is 9.21 Å². The molecule has 5 nitrogen and oxygen atoms in total.